The number of hydrogen-bond donors (Lipinski definition) is 0. The van der Waals surface area contributed by atoms with Crippen LogP contribution in [0.4, 0.5) is 0 Å². The Morgan fingerprint density at radius 3 is 2.00 bits per heavy atom. The van der Waals surface area contributed by atoms with Crippen molar-refractivity contribution in [3.05, 3.63) is 29.8 Å². The Labute approximate surface area is 143 Å². The van der Waals surface area contributed by atoms with Crippen LogP contribution in [-0.2, 0) is 14.5 Å². The number of halogens is 2. The number of hydrogen-bond acceptors (Lipinski definition) is 3. The van der Waals surface area contributed by atoms with Gasteiger partial charge in [-0.05, 0) is 57.4 Å². The fourth-order valence-electron chi connectivity index (χ4n) is 2.73. The summed E-state index contributed by atoms with van der Waals surface area (Å²) in [4.78, 5) is 0. The molecule has 1 aromatic carbocycles. The SMILES string of the molecule is CC(C)(C)CC(C)(C)c1ccc(OCCOP(=O)(Cl)Cl)cc1. The zero-order valence-electron chi connectivity index (χ0n) is 13.9. The van der Waals surface area contributed by atoms with Crippen LogP contribution in [-0.4, -0.2) is 13.2 Å². The molecule has 0 bridgehead atoms. The minimum Gasteiger partial charge on any atom is -0.491 e. The molecule has 0 radical (unpaired) electrons. The third kappa shape index (κ3) is 7.87. The lowest BCUT2D eigenvalue weighted by Gasteiger charge is -2.33. The van der Waals surface area contributed by atoms with Gasteiger partial charge >= 0.3 is 6.07 Å². The van der Waals surface area contributed by atoms with Crippen molar-refractivity contribution in [1.29, 1.82) is 0 Å². The number of ether oxygens (including phenoxy) is 1. The lowest BCUT2D eigenvalue weighted by atomic mass is 9.72. The number of rotatable bonds is 7. The van der Waals surface area contributed by atoms with Crippen LogP contribution in [0.1, 0.15) is 46.6 Å². The first-order valence-electron chi connectivity index (χ1n) is 7.26. The fraction of sp³-hybridized carbons (Fsp3) is 0.625. The Balaban J connectivity index is 2.58. The van der Waals surface area contributed by atoms with Gasteiger partial charge in [0.1, 0.15) is 12.4 Å². The third-order valence-electron chi connectivity index (χ3n) is 3.20. The summed E-state index contributed by atoms with van der Waals surface area (Å²) in [5.41, 5.74) is 1.65. The van der Waals surface area contributed by atoms with Crippen LogP contribution in [0, 0.1) is 5.41 Å². The van der Waals surface area contributed by atoms with Gasteiger partial charge in [0.2, 0.25) is 0 Å². The van der Waals surface area contributed by atoms with E-state index in [-0.39, 0.29) is 24.0 Å². The molecule has 126 valence electrons. The van der Waals surface area contributed by atoms with Crippen molar-refractivity contribution in [3.8, 4) is 5.75 Å². The Kier molecular flexibility index (Phi) is 6.83. The summed E-state index contributed by atoms with van der Waals surface area (Å²) >= 11 is 10.6. The molecule has 0 heterocycles. The van der Waals surface area contributed by atoms with Gasteiger partial charge in [-0.25, -0.2) is 0 Å². The molecule has 3 nitrogen and oxygen atoms in total. The molecule has 0 atom stereocenters. The highest BCUT2D eigenvalue weighted by molar-refractivity contribution is 8.05. The summed E-state index contributed by atoms with van der Waals surface area (Å²) in [6, 6.07) is 8.02. The molecule has 0 aromatic heterocycles. The molecule has 0 aliphatic heterocycles. The highest BCUT2D eigenvalue weighted by atomic mass is 35.9. The first-order chi connectivity index (χ1) is 9.89. The lowest BCUT2D eigenvalue weighted by Crippen LogP contribution is -2.24. The second-order valence-electron chi connectivity index (χ2n) is 7.24. The zero-order chi connectivity index (χ0) is 17.0. The van der Waals surface area contributed by atoms with E-state index in [4.69, 9.17) is 31.7 Å². The third-order valence-corrected chi connectivity index (χ3v) is 4.27. The molecule has 22 heavy (non-hydrogen) atoms. The van der Waals surface area contributed by atoms with Gasteiger partial charge in [0, 0.05) is 0 Å². The fourth-order valence-corrected chi connectivity index (χ4v) is 3.43. The van der Waals surface area contributed by atoms with Gasteiger partial charge in [-0.15, -0.1) is 0 Å². The highest BCUT2D eigenvalue weighted by Gasteiger charge is 2.27. The average molecular weight is 367 g/mol. The maximum atomic E-state index is 10.9. The Morgan fingerprint density at radius 2 is 1.55 bits per heavy atom. The molecule has 0 aliphatic carbocycles. The zero-order valence-corrected chi connectivity index (χ0v) is 16.3. The number of benzene rings is 1. The van der Waals surface area contributed by atoms with Crippen LogP contribution in [0.3, 0.4) is 0 Å². The molecule has 0 unspecified atom stereocenters. The molecule has 1 aromatic rings. The first kappa shape index (κ1) is 19.8. The predicted octanol–water partition coefficient (Wildman–Crippen LogP) is 6.38. The molecular weight excluding hydrogens is 342 g/mol. The molecule has 0 aliphatic rings. The molecule has 0 spiro atoms. The van der Waals surface area contributed by atoms with Gasteiger partial charge in [0.15, 0.2) is 0 Å². The van der Waals surface area contributed by atoms with Crippen molar-refractivity contribution in [2.75, 3.05) is 13.2 Å². The normalized spacial score (nSPS) is 13.2. The van der Waals surface area contributed by atoms with Gasteiger partial charge in [-0.1, -0.05) is 46.8 Å². The minimum absolute atomic E-state index is 0.0849. The van der Waals surface area contributed by atoms with Crippen molar-refractivity contribution in [2.24, 2.45) is 5.41 Å². The summed E-state index contributed by atoms with van der Waals surface area (Å²) in [7, 11) is 0. The van der Waals surface area contributed by atoms with E-state index in [9.17, 15) is 4.57 Å². The van der Waals surface area contributed by atoms with E-state index < -0.39 is 6.07 Å². The lowest BCUT2D eigenvalue weighted by molar-refractivity contribution is 0.226. The predicted molar refractivity (Wildman–Crippen MR) is 94.3 cm³/mol. The standard InChI is InChI=1S/C16H25Cl2O3P/c1-15(2,3)12-16(4,5)13-6-8-14(9-7-13)20-10-11-21-22(17,18)19/h6-9H,10-12H2,1-5H3. The van der Waals surface area contributed by atoms with Gasteiger partial charge in [-0.2, -0.15) is 0 Å². The van der Waals surface area contributed by atoms with Crippen LogP contribution in [0.25, 0.3) is 0 Å². The minimum atomic E-state index is -3.47. The molecule has 6 heteroatoms. The maximum absolute atomic E-state index is 10.9. The van der Waals surface area contributed by atoms with Gasteiger partial charge in [-0.3, -0.25) is 4.57 Å². The quantitative estimate of drug-likeness (QED) is 0.414. The van der Waals surface area contributed by atoms with E-state index in [1.807, 2.05) is 12.1 Å². The summed E-state index contributed by atoms with van der Waals surface area (Å²) in [6.07, 6.45) is -2.38. The Hall–Kier alpha value is -0.210. The Bertz CT molecular complexity index is 515. The molecule has 0 saturated heterocycles. The monoisotopic (exact) mass is 366 g/mol. The largest absolute Gasteiger partial charge is 0.491 e. The summed E-state index contributed by atoms with van der Waals surface area (Å²) in [5, 5.41) is 0. The van der Waals surface area contributed by atoms with E-state index in [2.05, 4.69) is 46.8 Å². The second-order valence-corrected chi connectivity index (χ2v) is 11.5. The van der Waals surface area contributed by atoms with E-state index in [1.54, 1.807) is 0 Å². The van der Waals surface area contributed by atoms with E-state index >= 15 is 0 Å². The van der Waals surface area contributed by atoms with Crippen molar-refractivity contribution in [2.45, 2.75) is 46.5 Å². The van der Waals surface area contributed by atoms with E-state index in [0.717, 1.165) is 12.2 Å². The molecule has 0 amide bonds. The van der Waals surface area contributed by atoms with Gasteiger partial charge < -0.3 is 9.26 Å². The highest BCUT2D eigenvalue weighted by Crippen LogP contribution is 2.57. The van der Waals surface area contributed by atoms with Crippen LogP contribution in [0.5, 0.6) is 5.75 Å². The molecule has 0 saturated carbocycles. The summed E-state index contributed by atoms with van der Waals surface area (Å²) in [6.45, 7) is 11.6. The van der Waals surface area contributed by atoms with Crippen LogP contribution < -0.4 is 4.74 Å². The average Bonchev–Trinajstić information content (AvgIpc) is 2.31. The van der Waals surface area contributed by atoms with Crippen LogP contribution >= 0.6 is 28.6 Å². The Morgan fingerprint density at radius 1 is 1.00 bits per heavy atom. The van der Waals surface area contributed by atoms with Crippen molar-refractivity contribution >= 4 is 28.6 Å². The molecule has 0 fully saturated rings. The van der Waals surface area contributed by atoms with E-state index in [1.165, 1.54) is 5.56 Å². The second kappa shape index (κ2) is 7.57. The summed E-state index contributed by atoms with van der Waals surface area (Å²) in [5.74, 6) is 0.734. The van der Waals surface area contributed by atoms with Crippen LogP contribution in [0.15, 0.2) is 24.3 Å². The van der Waals surface area contributed by atoms with Crippen molar-refractivity contribution in [3.63, 3.8) is 0 Å². The van der Waals surface area contributed by atoms with Crippen LogP contribution in [0.2, 0.25) is 0 Å². The maximum Gasteiger partial charge on any atom is 0.380 e. The topological polar surface area (TPSA) is 35.5 Å². The van der Waals surface area contributed by atoms with Crippen molar-refractivity contribution < 1.29 is 13.8 Å². The smallest absolute Gasteiger partial charge is 0.380 e. The molecular formula is C16H25Cl2O3P. The molecule has 0 N–H and O–H groups in total. The summed E-state index contributed by atoms with van der Waals surface area (Å²) < 4.78 is 21.2. The van der Waals surface area contributed by atoms with Gasteiger partial charge in [0.25, 0.3) is 0 Å². The molecule has 1 rings (SSSR count). The van der Waals surface area contributed by atoms with Crippen molar-refractivity contribution in [1.82, 2.24) is 0 Å². The van der Waals surface area contributed by atoms with E-state index in [0.29, 0.717) is 0 Å². The first-order valence-corrected chi connectivity index (χ1v) is 10.7. The van der Waals surface area contributed by atoms with Gasteiger partial charge in [0.05, 0.1) is 6.61 Å².